The molecule has 0 saturated carbocycles. The molecule has 0 atom stereocenters. The van der Waals surface area contributed by atoms with E-state index >= 15 is 0 Å². The number of aryl methyl sites for hydroxylation is 1. The van der Waals surface area contributed by atoms with E-state index in [4.69, 9.17) is 4.52 Å². The Morgan fingerprint density at radius 3 is 2.52 bits per heavy atom. The van der Waals surface area contributed by atoms with Crippen LogP contribution in [-0.4, -0.2) is 25.1 Å². The number of nitrogens with zero attached hydrogens (tertiary/aromatic N) is 5. The van der Waals surface area contributed by atoms with Crippen molar-refractivity contribution in [3.63, 3.8) is 0 Å². The summed E-state index contributed by atoms with van der Waals surface area (Å²) in [5.74, 6) is -1.58. The molecule has 11 heteroatoms. The van der Waals surface area contributed by atoms with Gasteiger partial charge in [0.2, 0.25) is 5.82 Å². The highest BCUT2D eigenvalue weighted by Gasteiger charge is 2.38. The van der Waals surface area contributed by atoms with E-state index in [1.165, 1.54) is 23.0 Å². The van der Waals surface area contributed by atoms with E-state index in [1.54, 1.807) is 19.1 Å². The van der Waals surface area contributed by atoms with Crippen molar-refractivity contribution in [2.24, 2.45) is 0 Å². The number of hydrogen-bond acceptors (Lipinski definition) is 7. The summed E-state index contributed by atoms with van der Waals surface area (Å²) in [5, 5.41) is 11.5. The van der Waals surface area contributed by atoms with Crippen LogP contribution in [0, 0.1) is 6.92 Å². The van der Waals surface area contributed by atoms with Gasteiger partial charge in [0.1, 0.15) is 5.39 Å². The zero-order chi connectivity index (χ0) is 19.2. The summed E-state index contributed by atoms with van der Waals surface area (Å²) in [6, 6.07) is 6.35. The van der Waals surface area contributed by atoms with Crippen molar-refractivity contribution in [1.82, 2.24) is 25.1 Å². The lowest BCUT2D eigenvalue weighted by Gasteiger charge is -2.05. The van der Waals surface area contributed by atoms with Gasteiger partial charge in [-0.3, -0.25) is 4.79 Å². The van der Waals surface area contributed by atoms with E-state index in [9.17, 15) is 18.0 Å². The normalized spacial score (nSPS) is 12.0. The maximum atomic E-state index is 12.5. The molecule has 0 aliphatic rings. The molecule has 0 N–H and O–H groups in total. The van der Waals surface area contributed by atoms with Gasteiger partial charge in [0, 0.05) is 5.56 Å². The molecule has 138 valence electrons. The van der Waals surface area contributed by atoms with E-state index in [0.717, 1.165) is 0 Å². The maximum Gasteiger partial charge on any atom is 0.471 e. The summed E-state index contributed by atoms with van der Waals surface area (Å²) in [6.45, 7) is 1.83. The molecular formula is C16H10F3N5O3. The minimum absolute atomic E-state index is 0.166. The van der Waals surface area contributed by atoms with Crippen molar-refractivity contribution in [3.05, 3.63) is 58.0 Å². The van der Waals surface area contributed by atoms with Gasteiger partial charge >= 0.3 is 12.1 Å². The number of rotatable bonds is 3. The van der Waals surface area contributed by atoms with Gasteiger partial charge in [-0.1, -0.05) is 34.6 Å². The van der Waals surface area contributed by atoms with Gasteiger partial charge in [0.25, 0.3) is 5.56 Å². The molecule has 0 aliphatic heterocycles. The van der Waals surface area contributed by atoms with Crippen LogP contribution in [0.4, 0.5) is 13.2 Å². The van der Waals surface area contributed by atoms with Crippen molar-refractivity contribution >= 4 is 11.0 Å². The van der Waals surface area contributed by atoms with Crippen molar-refractivity contribution in [2.45, 2.75) is 19.6 Å². The van der Waals surface area contributed by atoms with E-state index in [1.807, 2.05) is 0 Å². The van der Waals surface area contributed by atoms with E-state index in [-0.39, 0.29) is 17.9 Å². The van der Waals surface area contributed by atoms with Crippen LogP contribution in [0.5, 0.6) is 0 Å². The molecule has 1 aromatic carbocycles. The van der Waals surface area contributed by atoms with Crippen molar-refractivity contribution < 1.29 is 22.2 Å². The smallest absolute Gasteiger partial charge is 0.354 e. The zero-order valence-corrected chi connectivity index (χ0v) is 13.7. The fourth-order valence-electron chi connectivity index (χ4n) is 2.54. The summed E-state index contributed by atoms with van der Waals surface area (Å²) in [4.78, 5) is 15.8. The second kappa shape index (κ2) is 6.04. The van der Waals surface area contributed by atoms with Crippen LogP contribution in [0.2, 0.25) is 0 Å². The topological polar surface area (TPSA) is 99.8 Å². The Morgan fingerprint density at radius 1 is 1.11 bits per heavy atom. The van der Waals surface area contributed by atoms with Crippen LogP contribution in [0.3, 0.4) is 0 Å². The first-order valence-electron chi connectivity index (χ1n) is 7.65. The Labute approximate surface area is 148 Å². The Balaban J connectivity index is 1.60. The van der Waals surface area contributed by atoms with Crippen LogP contribution < -0.4 is 5.56 Å². The molecule has 0 unspecified atom stereocenters. The Bertz CT molecular complexity index is 1170. The third-order valence-corrected chi connectivity index (χ3v) is 3.86. The lowest BCUT2D eigenvalue weighted by molar-refractivity contribution is -0.159. The molecule has 0 fully saturated rings. The molecule has 0 bridgehead atoms. The zero-order valence-electron chi connectivity index (χ0n) is 13.7. The van der Waals surface area contributed by atoms with E-state index in [0.29, 0.717) is 27.8 Å². The van der Waals surface area contributed by atoms with Gasteiger partial charge in [0.15, 0.2) is 5.58 Å². The number of fused-ring (bicyclic) bond motifs is 1. The minimum Gasteiger partial charge on any atom is -0.354 e. The van der Waals surface area contributed by atoms with Crippen molar-refractivity contribution in [1.29, 1.82) is 0 Å². The Morgan fingerprint density at radius 2 is 1.85 bits per heavy atom. The summed E-state index contributed by atoms with van der Waals surface area (Å²) >= 11 is 0. The first kappa shape index (κ1) is 16.9. The fourth-order valence-corrected chi connectivity index (χ4v) is 2.54. The number of alkyl halides is 3. The summed E-state index contributed by atoms with van der Waals surface area (Å²) < 4.78 is 48.0. The average molecular weight is 377 g/mol. The fraction of sp³-hybridized carbons (Fsp3) is 0.188. The highest BCUT2D eigenvalue weighted by molar-refractivity contribution is 5.76. The number of hydrogen-bond donors (Lipinski definition) is 0. The Hall–Kier alpha value is -3.50. The SMILES string of the molecule is Cc1noc2cnn(Cc3ccc(-c4noc(C(F)(F)F)n4)cc3)c(=O)c12. The predicted molar refractivity (Wildman–Crippen MR) is 84.6 cm³/mol. The maximum absolute atomic E-state index is 12.5. The molecule has 0 amide bonds. The van der Waals surface area contributed by atoms with Gasteiger partial charge in [-0.15, -0.1) is 0 Å². The second-order valence-electron chi connectivity index (χ2n) is 5.73. The first-order chi connectivity index (χ1) is 12.8. The van der Waals surface area contributed by atoms with Gasteiger partial charge in [-0.05, 0) is 12.5 Å². The monoisotopic (exact) mass is 377 g/mol. The molecule has 4 aromatic rings. The molecule has 0 radical (unpaired) electrons. The summed E-state index contributed by atoms with van der Waals surface area (Å²) in [7, 11) is 0. The van der Waals surface area contributed by atoms with Crippen LogP contribution in [0.25, 0.3) is 22.4 Å². The lowest BCUT2D eigenvalue weighted by Crippen LogP contribution is -2.23. The lowest BCUT2D eigenvalue weighted by atomic mass is 10.1. The van der Waals surface area contributed by atoms with Crippen LogP contribution in [0.1, 0.15) is 17.1 Å². The predicted octanol–water partition coefficient (Wildman–Crippen LogP) is 2.81. The highest BCUT2D eigenvalue weighted by Crippen LogP contribution is 2.29. The third kappa shape index (κ3) is 3.07. The molecule has 27 heavy (non-hydrogen) atoms. The van der Waals surface area contributed by atoms with Crippen molar-refractivity contribution in [2.75, 3.05) is 0 Å². The molecule has 0 spiro atoms. The van der Waals surface area contributed by atoms with Gasteiger partial charge < -0.3 is 9.05 Å². The number of aromatic nitrogens is 5. The summed E-state index contributed by atoms with van der Waals surface area (Å²) in [5.41, 5.74) is 1.49. The number of halogens is 3. The minimum atomic E-state index is -4.70. The van der Waals surface area contributed by atoms with Crippen LogP contribution >= 0.6 is 0 Å². The third-order valence-electron chi connectivity index (χ3n) is 3.86. The van der Waals surface area contributed by atoms with E-state index in [2.05, 4.69) is 24.9 Å². The van der Waals surface area contributed by atoms with E-state index < -0.39 is 12.1 Å². The molecule has 0 aliphatic carbocycles. The molecule has 3 heterocycles. The standard InChI is InChI=1S/C16H10F3N5O3/c1-8-12-11(26-22-8)6-20-24(14(12)25)7-9-2-4-10(5-3-9)13-21-15(27-23-13)16(17,18)19/h2-6H,7H2,1H3. The number of benzene rings is 1. The molecule has 0 saturated heterocycles. The molecular weight excluding hydrogens is 367 g/mol. The Kier molecular flexibility index (Phi) is 3.79. The average Bonchev–Trinajstić information content (AvgIpc) is 3.26. The van der Waals surface area contributed by atoms with Gasteiger partial charge in [-0.2, -0.15) is 23.3 Å². The molecule has 4 rings (SSSR count). The quantitative estimate of drug-likeness (QED) is 0.541. The van der Waals surface area contributed by atoms with Crippen molar-refractivity contribution in [3.8, 4) is 11.4 Å². The molecule has 3 aromatic heterocycles. The first-order valence-corrected chi connectivity index (χ1v) is 7.65. The van der Waals surface area contributed by atoms with Crippen LogP contribution in [0.15, 0.2) is 44.3 Å². The second-order valence-corrected chi connectivity index (χ2v) is 5.73. The largest absolute Gasteiger partial charge is 0.471 e. The molecule has 8 nitrogen and oxygen atoms in total. The summed E-state index contributed by atoms with van der Waals surface area (Å²) in [6.07, 6.45) is -3.29. The van der Waals surface area contributed by atoms with Gasteiger partial charge in [0.05, 0.1) is 18.4 Å². The highest BCUT2D eigenvalue weighted by atomic mass is 19.4. The van der Waals surface area contributed by atoms with Gasteiger partial charge in [-0.25, -0.2) is 4.68 Å². The van der Waals surface area contributed by atoms with Crippen LogP contribution in [-0.2, 0) is 12.7 Å².